The van der Waals surface area contributed by atoms with Crippen LogP contribution in [0.15, 0.2) is 72.8 Å². The number of ether oxygens (including phenoxy) is 3. The number of hydrogen-bond acceptors (Lipinski definition) is 6. The zero-order chi connectivity index (χ0) is 22.3. The van der Waals surface area contributed by atoms with Crippen LogP contribution in [0.4, 0.5) is 0 Å². The first-order valence-corrected chi connectivity index (χ1v) is 11.4. The standard InChI is InChI=1S/C25H25NO5S/c1-29-22-12-11-18(24-26-20(16-32-24)25(27)28)15-23(22)31-14-13-30-21-10-6-5-9-19(21)17-7-3-2-4-8-17/h2-12,15,20,24,26H,13-14,16H2,1H3,(H,27,28). The van der Waals surface area contributed by atoms with E-state index in [1.807, 2.05) is 60.7 Å². The molecule has 2 N–H and O–H groups in total. The molecular formula is C25H25NO5S. The second kappa shape index (κ2) is 10.4. The molecule has 0 amide bonds. The highest BCUT2D eigenvalue weighted by atomic mass is 32.2. The third-order valence-electron chi connectivity index (χ3n) is 5.14. The molecule has 0 saturated carbocycles. The van der Waals surface area contributed by atoms with E-state index in [1.165, 1.54) is 0 Å². The fourth-order valence-corrected chi connectivity index (χ4v) is 4.75. The quantitative estimate of drug-likeness (QED) is 0.460. The van der Waals surface area contributed by atoms with Gasteiger partial charge in [0.15, 0.2) is 11.5 Å². The van der Waals surface area contributed by atoms with Gasteiger partial charge in [0.25, 0.3) is 0 Å². The molecular weight excluding hydrogens is 426 g/mol. The normalized spacial score (nSPS) is 17.7. The van der Waals surface area contributed by atoms with Crippen molar-refractivity contribution in [2.24, 2.45) is 0 Å². The number of para-hydroxylation sites is 1. The number of nitrogens with one attached hydrogen (secondary N) is 1. The van der Waals surface area contributed by atoms with Gasteiger partial charge in [-0.05, 0) is 29.3 Å². The first kappa shape index (κ1) is 22.0. The van der Waals surface area contributed by atoms with Gasteiger partial charge in [-0.3, -0.25) is 10.1 Å². The monoisotopic (exact) mass is 451 g/mol. The molecule has 1 fully saturated rings. The van der Waals surface area contributed by atoms with Gasteiger partial charge in [0.1, 0.15) is 25.0 Å². The zero-order valence-electron chi connectivity index (χ0n) is 17.7. The van der Waals surface area contributed by atoms with Gasteiger partial charge in [0, 0.05) is 11.3 Å². The molecule has 0 bridgehead atoms. The minimum Gasteiger partial charge on any atom is -0.493 e. The van der Waals surface area contributed by atoms with Crippen LogP contribution >= 0.6 is 11.8 Å². The molecule has 166 valence electrons. The molecule has 1 saturated heterocycles. The smallest absolute Gasteiger partial charge is 0.321 e. The molecule has 0 aromatic heterocycles. The molecule has 0 radical (unpaired) electrons. The van der Waals surface area contributed by atoms with E-state index in [0.717, 1.165) is 22.4 Å². The lowest BCUT2D eigenvalue weighted by atomic mass is 10.1. The number of aliphatic carboxylic acids is 1. The molecule has 1 aliphatic heterocycles. The molecule has 2 atom stereocenters. The average molecular weight is 452 g/mol. The maximum Gasteiger partial charge on any atom is 0.321 e. The summed E-state index contributed by atoms with van der Waals surface area (Å²) in [6, 6.07) is 23.1. The highest BCUT2D eigenvalue weighted by molar-refractivity contribution is 7.99. The van der Waals surface area contributed by atoms with Crippen molar-refractivity contribution in [1.82, 2.24) is 5.32 Å². The number of carboxylic acid groups (broad SMARTS) is 1. The summed E-state index contributed by atoms with van der Waals surface area (Å²) in [6.45, 7) is 0.709. The van der Waals surface area contributed by atoms with Crippen molar-refractivity contribution < 1.29 is 24.1 Å². The van der Waals surface area contributed by atoms with Crippen molar-refractivity contribution in [1.29, 1.82) is 0 Å². The van der Waals surface area contributed by atoms with Crippen LogP contribution in [0.3, 0.4) is 0 Å². The fraction of sp³-hybridized carbons (Fsp3) is 0.240. The lowest BCUT2D eigenvalue weighted by Gasteiger charge is -2.16. The number of rotatable bonds is 9. The second-order valence-corrected chi connectivity index (χ2v) is 8.38. The lowest BCUT2D eigenvalue weighted by molar-refractivity contribution is -0.138. The van der Waals surface area contributed by atoms with E-state index in [4.69, 9.17) is 14.2 Å². The predicted molar refractivity (Wildman–Crippen MR) is 126 cm³/mol. The highest BCUT2D eigenvalue weighted by Crippen LogP contribution is 2.37. The number of carbonyl (C=O) groups is 1. The van der Waals surface area contributed by atoms with Crippen LogP contribution in [0.25, 0.3) is 11.1 Å². The second-order valence-electron chi connectivity index (χ2n) is 7.24. The zero-order valence-corrected chi connectivity index (χ0v) is 18.5. The average Bonchev–Trinajstić information content (AvgIpc) is 3.33. The summed E-state index contributed by atoms with van der Waals surface area (Å²) in [5.41, 5.74) is 3.08. The minimum absolute atomic E-state index is 0.0987. The van der Waals surface area contributed by atoms with Crippen molar-refractivity contribution in [3.05, 3.63) is 78.4 Å². The van der Waals surface area contributed by atoms with Crippen molar-refractivity contribution in [3.63, 3.8) is 0 Å². The van der Waals surface area contributed by atoms with Gasteiger partial charge in [0.2, 0.25) is 0 Å². The van der Waals surface area contributed by atoms with E-state index in [-0.39, 0.29) is 5.37 Å². The van der Waals surface area contributed by atoms with Crippen LogP contribution in [0, 0.1) is 0 Å². The topological polar surface area (TPSA) is 77.0 Å². The van der Waals surface area contributed by atoms with Gasteiger partial charge >= 0.3 is 5.97 Å². The predicted octanol–water partition coefficient (Wildman–Crippen LogP) is 4.61. The summed E-state index contributed by atoms with van der Waals surface area (Å²) < 4.78 is 17.4. The van der Waals surface area contributed by atoms with Gasteiger partial charge in [-0.15, -0.1) is 11.8 Å². The summed E-state index contributed by atoms with van der Waals surface area (Å²) in [4.78, 5) is 11.2. The van der Waals surface area contributed by atoms with Crippen molar-refractivity contribution in [2.75, 3.05) is 26.1 Å². The molecule has 2 unspecified atom stereocenters. The first-order chi connectivity index (χ1) is 15.7. The number of benzene rings is 3. The molecule has 6 nitrogen and oxygen atoms in total. The molecule has 0 aliphatic carbocycles. The van der Waals surface area contributed by atoms with Crippen LogP contribution in [0.5, 0.6) is 17.2 Å². The van der Waals surface area contributed by atoms with E-state index < -0.39 is 12.0 Å². The Kier molecular flexibility index (Phi) is 7.19. The van der Waals surface area contributed by atoms with E-state index in [1.54, 1.807) is 18.9 Å². The number of thioether (sulfide) groups is 1. The molecule has 0 spiro atoms. The fourth-order valence-electron chi connectivity index (χ4n) is 3.53. The Hall–Kier alpha value is -3.16. The van der Waals surface area contributed by atoms with E-state index >= 15 is 0 Å². The van der Waals surface area contributed by atoms with Crippen molar-refractivity contribution >= 4 is 17.7 Å². The Bertz CT molecular complexity index is 1060. The van der Waals surface area contributed by atoms with Crippen molar-refractivity contribution in [3.8, 4) is 28.4 Å². The lowest BCUT2D eigenvalue weighted by Crippen LogP contribution is -2.33. The van der Waals surface area contributed by atoms with Crippen LogP contribution in [-0.4, -0.2) is 43.2 Å². The minimum atomic E-state index is -0.835. The van der Waals surface area contributed by atoms with Crippen LogP contribution in [-0.2, 0) is 4.79 Å². The summed E-state index contributed by atoms with van der Waals surface area (Å²) in [7, 11) is 1.59. The Morgan fingerprint density at radius 3 is 2.41 bits per heavy atom. The highest BCUT2D eigenvalue weighted by Gasteiger charge is 2.30. The molecule has 32 heavy (non-hydrogen) atoms. The van der Waals surface area contributed by atoms with E-state index in [2.05, 4.69) is 17.4 Å². The Morgan fingerprint density at radius 1 is 0.969 bits per heavy atom. The summed E-state index contributed by atoms with van der Waals surface area (Å²) in [6.07, 6.45) is 0. The summed E-state index contributed by atoms with van der Waals surface area (Å²) in [5.74, 6) is 1.71. The number of carboxylic acids is 1. The van der Waals surface area contributed by atoms with Gasteiger partial charge in [-0.2, -0.15) is 0 Å². The summed E-state index contributed by atoms with van der Waals surface area (Å²) >= 11 is 1.57. The third-order valence-corrected chi connectivity index (χ3v) is 6.41. The van der Waals surface area contributed by atoms with Gasteiger partial charge < -0.3 is 19.3 Å². The van der Waals surface area contributed by atoms with Gasteiger partial charge in [-0.1, -0.05) is 54.6 Å². The molecule has 4 rings (SSSR count). The van der Waals surface area contributed by atoms with Crippen molar-refractivity contribution in [2.45, 2.75) is 11.4 Å². The maximum atomic E-state index is 11.2. The maximum absolute atomic E-state index is 11.2. The van der Waals surface area contributed by atoms with Crippen LogP contribution < -0.4 is 19.5 Å². The van der Waals surface area contributed by atoms with E-state index in [0.29, 0.717) is 30.5 Å². The SMILES string of the molecule is COc1ccc(C2NC(C(=O)O)CS2)cc1OCCOc1ccccc1-c1ccccc1. The number of hydrogen-bond donors (Lipinski definition) is 2. The number of methoxy groups -OCH3 is 1. The van der Waals surface area contributed by atoms with E-state index in [9.17, 15) is 9.90 Å². The largest absolute Gasteiger partial charge is 0.493 e. The van der Waals surface area contributed by atoms with Crippen LogP contribution in [0.1, 0.15) is 10.9 Å². The third kappa shape index (κ3) is 5.18. The first-order valence-electron chi connectivity index (χ1n) is 10.3. The molecule has 1 heterocycles. The Balaban J connectivity index is 1.39. The molecule has 7 heteroatoms. The van der Waals surface area contributed by atoms with Crippen LogP contribution in [0.2, 0.25) is 0 Å². The summed E-state index contributed by atoms with van der Waals surface area (Å²) in [5, 5.41) is 12.2. The Morgan fingerprint density at radius 2 is 1.69 bits per heavy atom. The van der Waals surface area contributed by atoms with Gasteiger partial charge in [0.05, 0.1) is 12.5 Å². The Labute approximate surface area is 191 Å². The molecule has 1 aliphatic rings. The van der Waals surface area contributed by atoms with Gasteiger partial charge in [-0.25, -0.2) is 0 Å². The molecule has 3 aromatic rings. The molecule has 3 aromatic carbocycles.